The van der Waals surface area contributed by atoms with Gasteiger partial charge in [0.1, 0.15) is 6.04 Å². The number of amides is 1. The second kappa shape index (κ2) is 6.48. The highest BCUT2D eigenvalue weighted by Crippen LogP contribution is 2.09. The highest BCUT2D eigenvalue weighted by molar-refractivity contribution is 5.81. The van der Waals surface area contributed by atoms with Gasteiger partial charge in [0.15, 0.2) is 0 Å². The first-order valence-corrected chi connectivity index (χ1v) is 5.82. The lowest BCUT2D eigenvalue weighted by Gasteiger charge is -2.17. The highest BCUT2D eigenvalue weighted by Gasteiger charge is 2.18. The van der Waals surface area contributed by atoms with Crippen LogP contribution in [0.15, 0.2) is 0 Å². The molecule has 1 rings (SSSR count). The summed E-state index contributed by atoms with van der Waals surface area (Å²) < 4.78 is 0. The van der Waals surface area contributed by atoms with E-state index in [9.17, 15) is 9.59 Å². The van der Waals surface area contributed by atoms with E-state index < -0.39 is 12.0 Å². The van der Waals surface area contributed by atoms with Gasteiger partial charge in [-0.25, -0.2) is 4.79 Å². The van der Waals surface area contributed by atoms with Crippen molar-refractivity contribution in [1.82, 2.24) is 10.2 Å². The third kappa shape index (κ3) is 4.61. The van der Waals surface area contributed by atoms with E-state index in [1.165, 1.54) is 19.8 Å². The lowest BCUT2D eigenvalue weighted by atomic mass is 10.1. The van der Waals surface area contributed by atoms with Gasteiger partial charge < -0.3 is 15.3 Å². The summed E-state index contributed by atoms with van der Waals surface area (Å²) in [4.78, 5) is 24.0. The normalized spacial score (nSPS) is 18.3. The Hall–Kier alpha value is -1.10. The lowest BCUT2D eigenvalue weighted by molar-refractivity contribution is -0.141. The minimum Gasteiger partial charge on any atom is -0.480 e. The first-order valence-electron chi connectivity index (χ1n) is 5.82. The number of aliphatic carboxylic acids is 1. The molecule has 92 valence electrons. The van der Waals surface area contributed by atoms with Crippen molar-refractivity contribution >= 4 is 11.9 Å². The number of carboxylic acid groups (broad SMARTS) is 1. The molecule has 1 aliphatic heterocycles. The molecule has 0 spiro atoms. The highest BCUT2D eigenvalue weighted by atomic mass is 16.4. The van der Waals surface area contributed by atoms with Gasteiger partial charge in [-0.3, -0.25) is 4.79 Å². The summed E-state index contributed by atoms with van der Waals surface area (Å²) in [6.07, 6.45) is 3.81. The predicted octanol–water partition coefficient (Wildman–Crippen LogP) is 0.452. The van der Waals surface area contributed by atoms with Crippen molar-refractivity contribution in [3.05, 3.63) is 0 Å². The van der Waals surface area contributed by atoms with Crippen LogP contribution in [-0.4, -0.2) is 47.6 Å². The molecule has 16 heavy (non-hydrogen) atoms. The topological polar surface area (TPSA) is 69.6 Å². The number of carbonyl (C=O) groups is 2. The third-order valence-corrected chi connectivity index (χ3v) is 2.84. The van der Waals surface area contributed by atoms with Crippen LogP contribution < -0.4 is 5.32 Å². The van der Waals surface area contributed by atoms with Gasteiger partial charge in [0, 0.05) is 6.92 Å². The largest absolute Gasteiger partial charge is 0.480 e. The van der Waals surface area contributed by atoms with Crippen molar-refractivity contribution in [1.29, 1.82) is 0 Å². The first-order chi connectivity index (χ1) is 7.59. The third-order valence-electron chi connectivity index (χ3n) is 2.84. The maximum absolute atomic E-state index is 10.8. The minimum absolute atomic E-state index is 0.284. The summed E-state index contributed by atoms with van der Waals surface area (Å²) in [5.41, 5.74) is 0. The molecule has 5 heteroatoms. The van der Waals surface area contributed by atoms with Gasteiger partial charge in [-0.2, -0.15) is 0 Å². The number of hydrogen-bond donors (Lipinski definition) is 2. The maximum atomic E-state index is 10.8. The Labute approximate surface area is 95.8 Å². The average Bonchev–Trinajstić information content (AvgIpc) is 2.68. The van der Waals surface area contributed by atoms with Gasteiger partial charge in [0.2, 0.25) is 5.91 Å². The summed E-state index contributed by atoms with van der Waals surface area (Å²) in [5, 5.41) is 11.3. The van der Waals surface area contributed by atoms with Gasteiger partial charge in [0.05, 0.1) is 0 Å². The Balaban J connectivity index is 2.21. The van der Waals surface area contributed by atoms with Crippen LogP contribution in [0.2, 0.25) is 0 Å². The van der Waals surface area contributed by atoms with Crippen molar-refractivity contribution in [3.8, 4) is 0 Å². The number of rotatable bonds is 6. The molecule has 0 aromatic heterocycles. The van der Waals surface area contributed by atoms with E-state index in [0.717, 1.165) is 26.1 Å². The molecule has 1 saturated heterocycles. The van der Waals surface area contributed by atoms with E-state index >= 15 is 0 Å². The fraction of sp³-hybridized carbons (Fsp3) is 0.818. The van der Waals surface area contributed by atoms with Crippen LogP contribution in [0, 0.1) is 0 Å². The minimum atomic E-state index is -0.948. The molecule has 0 saturated carbocycles. The molecule has 1 atom stereocenters. The van der Waals surface area contributed by atoms with Gasteiger partial charge in [-0.05, 0) is 45.3 Å². The van der Waals surface area contributed by atoms with Crippen LogP contribution >= 0.6 is 0 Å². The molecule has 0 aromatic carbocycles. The lowest BCUT2D eigenvalue weighted by Crippen LogP contribution is -2.40. The zero-order valence-corrected chi connectivity index (χ0v) is 9.74. The zero-order valence-electron chi connectivity index (χ0n) is 9.74. The molecule has 5 nitrogen and oxygen atoms in total. The van der Waals surface area contributed by atoms with Gasteiger partial charge in [0.25, 0.3) is 0 Å². The molecule has 2 N–H and O–H groups in total. The summed E-state index contributed by atoms with van der Waals surface area (Å²) in [5.74, 6) is -1.23. The van der Waals surface area contributed by atoms with Crippen LogP contribution in [0.1, 0.15) is 32.6 Å². The van der Waals surface area contributed by atoms with Crippen molar-refractivity contribution in [3.63, 3.8) is 0 Å². The molecular formula is C11H20N2O3. The van der Waals surface area contributed by atoms with Crippen LogP contribution in [0.4, 0.5) is 0 Å². The van der Waals surface area contributed by atoms with Crippen LogP contribution in [0.5, 0.6) is 0 Å². The Bertz CT molecular complexity index is 250. The Morgan fingerprint density at radius 2 is 2.00 bits per heavy atom. The molecule has 1 amide bonds. The quantitative estimate of drug-likeness (QED) is 0.692. The average molecular weight is 228 g/mol. The van der Waals surface area contributed by atoms with Crippen molar-refractivity contribution in [2.75, 3.05) is 19.6 Å². The van der Waals surface area contributed by atoms with Crippen molar-refractivity contribution in [2.24, 2.45) is 0 Å². The summed E-state index contributed by atoms with van der Waals surface area (Å²) in [6.45, 7) is 4.52. The van der Waals surface area contributed by atoms with Gasteiger partial charge in [-0.15, -0.1) is 0 Å². The zero-order chi connectivity index (χ0) is 12.0. The number of carbonyl (C=O) groups excluding carboxylic acids is 1. The Morgan fingerprint density at radius 3 is 2.50 bits per heavy atom. The molecular weight excluding hydrogens is 208 g/mol. The fourth-order valence-electron chi connectivity index (χ4n) is 2.03. The molecule has 1 fully saturated rings. The van der Waals surface area contributed by atoms with Gasteiger partial charge in [-0.1, -0.05) is 0 Å². The number of likely N-dealkylation sites (tertiary alicyclic amines) is 1. The van der Waals surface area contributed by atoms with E-state index in [-0.39, 0.29) is 5.91 Å². The van der Waals surface area contributed by atoms with E-state index in [2.05, 4.69) is 10.2 Å². The van der Waals surface area contributed by atoms with E-state index in [0.29, 0.717) is 6.42 Å². The summed E-state index contributed by atoms with van der Waals surface area (Å²) in [6, 6.07) is -0.736. The molecule has 1 heterocycles. The molecule has 0 bridgehead atoms. The molecule has 0 radical (unpaired) electrons. The van der Waals surface area contributed by atoms with Crippen LogP contribution in [-0.2, 0) is 9.59 Å². The van der Waals surface area contributed by atoms with Crippen LogP contribution in [0.3, 0.4) is 0 Å². The SMILES string of the molecule is CC(=O)NC(CCCN1CCCC1)C(=O)O. The number of nitrogens with one attached hydrogen (secondary N) is 1. The number of nitrogens with zero attached hydrogens (tertiary/aromatic N) is 1. The molecule has 1 aliphatic rings. The van der Waals surface area contributed by atoms with Crippen LogP contribution in [0.25, 0.3) is 0 Å². The number of carboxylic acids is 1. The predicted molar refractivity (Wildman–Crippen MR) is 60.1 cm³/mol. The molecule has 1 unspecified atom stereocenters. The second-order valence-corrected chi connectivity index (χ2v) is 4.28. The van der Waals surface area contributed by atoms with E-state index in [1.807, 2.05) is 0 Å². The summed E-state index contributed by atoms with van der Waals surface area (Å²) >= 11 is 0. The fourth-order valence-corrected chi connectivity index (χ4v) is 2.03. The van der Waals surface area contributed by atoms with Crippen molar-refractivity contribution in [2.45, 2.75) is 38.6 Å². The Morgan fingerprint density at radius 1 is 1.38 bits per heavy atom. The maximum Gasteiger partial charge on any atom is 0.326 e. The van der Waals surface area contributed by atoms with Crippen molar-refractivity contribution < 1.29 is 14.7 Å². The Kier molecular flexibility index (Phi) is 5.25. The summed E-state index contributed by atoms with van der Waals surface area (Å²) in [7, 11) is 0. The second-order valence-electron chi connectivity index (χ2n) is 4.28. The standard InChI is InChI=1S/C11H20N2O3/c1-9(14)12-10(11(15)16)5-4-8-13-6-2-3-7-13/h10H,2-8H2,1H3,(H,12,14)(H,15,16). The smallest absolute Gasteiger partial charge is 0.326 e. The molecule has 0 aliphatic carbocycles. The van der Waals surface area contributed by atoms with E-state index in [1.54, 1.807) is 0 Å². The van der Waals surface area contributed by atoms with E-state index in [4.69, 9.17) is 5.11 Å². The number of hydrogen-bond acceptors (Lipinski definition) is 3. The van der Waals surface area contributed by atoms with Gasteiger partial charge >= 0.3 is 5.97 Å². The monoisotopic (exact) mass is 228 g/mol. The molecule has 0 aromatic rings. The first kappa shape index (κ1) is 13.0.